The Morgan fingerprint density at radius 1 is 0.833 bits per heavy atom. The van der Waals surface area contributed by atoms with Gasteiger partial charge >= 0.3 is 0 Å². The van der Waals surface area contributed by atoms with Gasteiger partial charge in [-0.1, -0.05) is 41.5 Å². The molecule has 2 aromatic rings. The number of allylic oxidation sites excluding steroid dienone is 2. The summed E-state index contributed by atoms with van der Waals surface area (Å²) in [5.41, 5.74) is 0.215. The number of rotatable bonds is 3. The van der Waals surface area contributed by atoms with Crippen molar-refractivity contribution in [3.63, 3.8) is 0 Å². The molecular formula is C27H29N3O6. The third-order valence-corrected chi connectivity index (χ3v) is 6.48. The van der Waals surface area contributed by atoms with Crippen LogP contribution >= 0.6 is 0 Å². The van der Waals surface area contributed by atoms with Gasteiger partial charge in [0.05, 0.1) is 21.6 Å². The summed E-state index contributed by atoms with van der Waals surface area (Å²) in [5.74, 6) is 0.242. The Bertz CT molecular complexity index is 1290. The van der Waals surface area contributed by atoms with E-state index in [2.05, 4.69) is 5.32 Å². The van der Waals surface area contributed by atoms with Gasteiger partial charge in [-0.15, -0.1) is 0 Å². The van der Waals surface area contributed by atoms with Crippen molar-refractivity contribution in [1.29, 1.82) is 0 Å². The van der Waals surface area contributed by atoms with E-state index in [0.29, 0.717) is 22.4 Å². The quantitative estimate of drug-likeness (QED) is 0.394. The minimum absolute atomic E-state index is 0.0422. The second kappa shape index (κ2) is 8.29. The lowest BCUT2D eigenvalue weighted by Gasteiger charge is -2.47. The lowest BCUT2D eigenvalue weighted by atomic mass is 9.67. The molecule has 1 aliphatic carbocycles. The monoisotopic (exact) mass is 491 g/mol. The summed E-state index contributed by atoms with van der Waals surface area (Å²) >= 11 is 0. The van der Waals surface area contributed by atoms with E-state index in [0.717, 1.165) is 0 Å². The number of ketones is 1. The number of non-ortho nitro benzene ring substituents is 2. The van der Waals surface area contributed by atoms with Gasteiger partial charge in [0, 0.05) is 29.3 Å². The molecule has 2 aromatic carbocycles. The number of carbonyl (C=O) groups excluding carboxylic acids is 1. The number of nitrogens with zero attached hydrogens (tertiary/aromatic N) is 2. The standard InChI is InChI=1S/C27H29N3O6/c1-25(2,3)19-14-27(15-20(23(19)31)26(4,5)6)24(16-7-9-17(10-8-16)29(32)33)36-22-13-18(30(34)35)11-12-21(22)28-27/h7-15,24,28H,1-6H3. The summed E-state index contributed by atoms with van der Waals surface area (Å²) in [6.45, 7) is 11.8. The Hall–Kier alpha value is -4.01. The summed E-state index contributed by atoms with van der Waals surface area (Å²) in [4.78, 5) is 35.3. The SMILES string of the molecule is CC(C)(C)C1=CC2(C=C(C(C)(C)C)C1=O)Nc1ccc([N+](=O)[O-])cc1OC2c1ccc([N+](=O)[O-])cc1. The lowest BCUT2D eigenvalue weighted by Crippen LogP contribution is -2.50. The van der Waals surface area contributed by atoms with Crippen LogP contribution in [0, 0.1) is 31.1 Å². The van der Waals surface area contributed by atoms with Gasteiger partial charge in [0.25, 0.3) is 11.4 Å². The van der Waals surface area contributed by atoms with E-state index in [-0.39, 0.29) is 22.9 Å². The molecule has 0 radical (unpaired) electrons. The van der Waals surface area contributed by atoms with Crippen LogP contribution in [0.5, 0.6) is 5.75 Å². The van der Waals surface area contributed by atoms with E-state index in [9.17, 15) is 25.0 Å². The molecule has 0 bridgehead atoms. The maximum absolute atomic E-state index is 13.6. The van der Waals surface area contributed by atoms with Crippen molar-refractivity contribution in [3.05, 3.63) is 91.6 Å². The molecule has 1 aliphatic heterocycles. The smallest absolute Gasteiger partial charge is 0.273 e. The van der Waals surface area contributed by atoms with Crippen LogP contribution in [-0.4, -0.2) is 21.2 Å². The maximum atomic E-state index is 13.6. The van der Waals surface area contributed by atoms with Crippen molar-refractivity contribution >= 4 is 22.8 Å². The van der Waals surface area contributed by atoms with Crippen LogP contribution in [0.2, 0.25) is 0 Å². The first-order chi connectivity index (χ1) is 16.6. The van der Waals surface area contributed by atoms with Crippen LogP contribution in [0.1, 0.15) is 53.2 Å². The highest BCUT2D eigenvalue weighted by atomic mass is 16.6. The Balaban J connectivity index is 1.99. The van der Waals surface area contributed by atoms with Crippen molar-refractivity contribution in [3.8, 4) is 5.75 Å². The summed E-state index contributed by atoms with van der Waals surface area (Å²) in [5, 5.41) is 26.1. The summed E-state index contributed by atoms with van der Waals surface area (Å²) in [7, 11) is 0. The van der Waals surface area contributed by atoms with Crippen molar-refractivity contribution in [2.24, 2.45) is 10.8 Å². The molecule has 1 N–H and O–H groups in total. The fraction of sp³-hybridized carbons (Fsp3) is 0.370. The van der Waals surface area contributed by atoms with E-state index < -0.39 is 32.3 Å². The topological polar surface area (TPSA) is 125 Å². The number of anilines is 1. The zero-order chi connectivity index (χ0) is 26.6. The molecule has 0 aromatic heterocycles. The maximum Gasteiger partial charge on any atom is 0.273 e. The zero-order valence-electron chi connectivity index (χ0n) is 21.1. The molecule has 0 fully saturated rings. The Labute approximate surface area is 209 Å². The first-order valence-electron chi connectivity index (χ1n) is 11.6. The van der Waals surface area contributed by atoms with Gasteiger partial charge in [0.15, 0.2) is 11.9 Å². The molecular weight excluding hydrogens is 462 g/mol. The van der Waals surface area contributed by atoms with E-state index in [1.54, 1.807) is 18.2 Å². The zero-order valence-corrected chi connectivity index (χ0v) is 21.1. The van der Waals surface area contributed by atoms with Crippen molar-refractivity contribution in [2.45, 2.75) is 53.2 Å². The Kier molecular flexibility index (Phi) is 5.78. The second-order valence-electron chi connectivity index (χ2n) is 11.3. The van der Waals surface area contributed by atoms with Gasteiger partial charge in [-0.2, -0.15) is 0 Å². The first-order valence-corrected chi connectivity index (χ1v) is 11.6. The highest BCUT2D eigenvalue weighted by molar-refractivity contribution is 6.11. The van der Waals surface area contributed by atoms with E-state index in [1.807, 2.05) is 53.7 Å². The minimum atomic E-state index is -1.03. The van der Waals surface area contributed by atoms with E-state index in [4.69, 9.17) is 4.74 Å². The van der Waals surface area contributed by atoms with Crippen LogP contribution < -0.4 is 10.1 Å². The number of nitro groups is 2. The molecule has 4 rings (SSSR count). The highest BCUT2D eigenvalue weighted by Gasteiger charge is 2.49. The van der Waals surface area contributed by atoms with Crippen LogP contribution in [0.4, 0.5) is 17.1 Å². The van der Waals surface area contributed by atoms with Crippen LogP contribution in [0.15, 0.2) is 65.8 Å². The first kappa shape index (κ1) is 25.1. The average Bonchev–Trinajstić information content (AvgIpc) is 2.78. The largest absolute Gasteiger partial charge is 0.480 e. The molecule has 9 heteroatoms. The normalized spacial score (nSPS) is 18.9. The van der Waals surface area contributed by atoms with Gasteiger partial charge in [0.1, 0.15) is 11.3 Å². The van der Waals surface area contributed by atoms with Crippen LogP contribution in [0.25, 0.3) is 0 Å². The molecule has 0 saturated heterocycles. The number of fused-ring (bicyclic) bond motifs is 1. The molecule has 1 heterocycles. The van der Waals surface area contributed by atoms with Gasteiger partial charge in [-0.05, 0) is 46.7 Å². The minimum Gasteiger partial charge on any atom is -0.480 e. The van der Waals surface area contributed by atoms with E-state index >= 15 is 0 Å². The molecule has 2 aliphatic rings. The van der Waals surface area contributed by atoms with Gasteiger partial charge in [-0.3, -0.25) is 25.0 Å². The molecule has 36 heavy (non-hydrogen) atoms. The number of hydrogen-bond acceptors (Lipinski definition) is 7. The number of benzene rings is 2. The summed E-state index contributed by atoms with van der Waals surface area (Å²) in [6, 6.07) is 10.3. The van der Waals surface area contributed by atoms with Crippen LogP contribution in [0.3, 0.4) is 0 Å². The second-order valence-corrected chi connectivity index (χ2v) is 11.3. The summed E-state index contributed by atoms with van der Waals surface area (Å²) < 4.78 is 6.42. The number of nitrogens with one attached hydrogen (secondary N) is 1. The number of ether oxygens (including phenoxy) is 1. The fourth-order valence-electron chi connectivity index (χ4n) is 4.60. The molecule has 0 saturated carbocycles. The number of hydrogen-bond donors (Lipinski definition) is 1. The number of Topliss-reactive ketones (excluding diaryl/α,β-unsaturated/α-hetero) is 1. The predicted molar refractivity (Wildman–Crippen MR) is 136 cm³/mol. The average molecular weight is 492 g/mol. The van der Waals surface area contributed by atoms with Crippen molar-refractivity contribution < 1.29 is 19.4 Å². The third kappa shape index (κ3) is 4.36. The number of carbonyl (C=O) groups is 1. The number of nitro benzene ring substituents is 2. The van der Waals surface area contributed by atoms with Gasteiger partial charge in [-0.25, -0.2) is 0 Å². The molecule has 188 valence electrons. The lowest BCUT2D eigenvalue weighted by molar-refractivity contribution is -0.385. The highest BCUT2D eigenvalue weighted by Crippen LogP contribution is 2.51. The molecule has 1 atom stereocenters. The molecule has 9 nitrogen and oxygen atoms in total. The van der Waals surface area contributed by atoms with Crippen molar-refractivity contribution in [2.75, 3.05) is 5.32 Å². The predicted octanol–water partition coefficient (Wildman–Crippen LogP) is 6.32. The molecule has 1 spiro atoms. The summed E-state index contributed by atoms with van der Waals surface area (Å²) in [6.07, 6.45) is 2.98. The van der Waals surface area contributed by atoms with Crippen LogP contribution in [-0.2, 0) is 4.79 Å². The third-order valence-electron chi connectivity index (χ3n) is 6.48. The van der Waals surface area contributed by atoms with Crippen molar-refractivity contribution in [1.82, 2.24) is 0 Å². The molecule has 1 unspecified atom stereocenters. The Morgan fingerprint density at radius 2 is 1.33 bits per heavy atom. The molecule has 0 amide bonds. The Morgan fingerprint density at radius 3 is 1.81 bits per heavy atom. The van der Waals surface area contributed by atoms with Gasteiger partial charge in [0.2, 0.25) is 0 Å². The van der Waals surface area contributed by atoms with E-state index in [1.165, 1.54) is 24.3 Å². The fourth-order valence-corrected chi connectivity index (χ4v) is 4.60. The van der Waals surface area contributed by atoms with Gasteiger partial charge < -0.3 is 10.1 Å².